The van der Waals surface area contributed by atoms with Crippen molar-refractivity contribution in [3.05, 3.63) is 23.7 Å². The molecule has 5 nitrogen and oxygen atoms in total. The van der Waals surface area contributed by atoms with Gasteiger partial charge in [-0.05, 0) is 81.3 Å². The first-order valence-corrected chi connectivity index (χ1v) is 12.7. The van der Waals surface area contributed by atoms with Crippen LogP contribution < -0.4 is 5.32 Å². The van der Waals surface area contributed by atoms with Gasteiger partial charge in [0.1, 0.15) is 11.5 Å². The van der Waals surface area contributed by atoms with Gasteiger partial charge in [0.15, 0.2) is 0 Å². The summed E-state index contributed by atoms with van der Waals surface area (Å²) in [6.07, 6.45) is 12.8. The van der Waals surface area contributed by atoms with E-state index in [-0.39, 0.29) is 23.3 Å². The van der Waals surface area contributed by atoms with Gasteiger partial charge in [-0.25, -0.2) is 0 Å². The van der Waals surface area contributed by atoms with Crippen LogP contribution in [0.3, 0.4) is 0 Å². The predicted molar refractivity (Wildman–Crippen MR) is 119 cm³/mol. The summed E-state index contributed by atoms with van der Waals surface area (Å²) >= 11 is 0. The van der Waals surface area contributed by atoms with E-state index in [1.165, 1.54) is 19.3 Å². The third-order valence-corrected chi connectivity index (χ3v) is 8.58. The van der Waals surface area contributed by atoms with E-state index in [0.717, 1.165) is 87.2 Å². The molecule has 5 heteroatoms. The minimum atomic E-state index is -0.131. The van der Waals surface area contributed by atoms with Gasteiger partial charge >= 0.3 is 0 Å². The van der Waals surface area contributed by atoms with Crippen molar-refractivity contribution in [1.82, 2.24) is 10.2 Å². The number of aryl methyl sites for hydroxylation is 1. The maximum Gasteiger partial charge on any atom is 0.226 e. The number of amides is 2. The van der Waals surface area contributed by atoms with E-state index in [1.807, 2.05) is 17.0 Å². The summed E-state index contributed by atoms with van der Waals surface area (Å²) in [6.45, 7) is 3.33. The molecule has 1 atom stereocenters. The largest absolute Gasteiger partial charge is 0.464 e. The molecule has 1 aromatic heterocycles. The summed E-state index contributed by atoms with van der Waals surface area (Å²) < 4.78 is 6.03. The SMILES string of the molecule is CCc1ccc(C2CCCCCN2C(=O)CCNC(=O)C23CC4CC(CC(C4)C2)C3)o1. The van der Waals surface area contributed by atoms with Crippen molar-refractivity contribution < 1.29 is 14.0 Å². The molecular formula is C26H38N2O3. The van der Waals surface area contributed by atoms with Crippen molar-refractivity contribution in [2.45, 2.75) is 90.0 Å². The number of rotatable bonds is 6. The Morgan fingerprint density at radius 3 is 2.42 bits per heavy atom. The number of nitrogens with one attached hydrogen (secondary N) is 1. The summed E-state index contributed by atoms with van der Waals surface area (Å²) in [5, 5.41) is 3.18. The lowest BCUT2D eigenvalue weighted by Gasteiger charge is -2.55. The Hall–Kier alpha value is -1.78. The van der Waals surface area contributed by atoms with Crippen molar-refractivity contribution in [3.63, 3.8) is 0 Å². The Kier molecular flexibility index (Phi) is 5.87. The van der Waals surface area contributed by atoms with E-state index in [1.54, 1.807) is 0 Å². The number of furan rings is 1. The molecule has 0 radical (unpaired) electrons. The fourth-order valence-corrected chi connectivity index (χ4v) is 7.47. The number of carbonyl (C=O) groups is 2. The van der Waals surface area contributed by atoms with Crippen LogP contribution >= 0.6 is 0 Å². The lowest BCUT2D eigenvalue weighted by molar-refractivity contribution is -0.146. The third kappa shape index (κ3) is 4.17. The van der Waals surface area contributed by atoms with Crippen molar-refractivity contribution in [2.75, 3.05) is 13.1 Å². The fourth-order valence-electron chi connectivity index (χ4n) is 7.47. The zero-order valence-corrected chi connectivity index (χ0v) is 19.0. The number of nitrogens with zero attached hydrogens (tertiary/aromatic N) is 1. The van der Waals surface area contributed by atoms with Crippen LogP contribution in [-0.2, 0) is 16.0 Å². The quantitative estimate of drug-likeness (QED) is 0.696. The maximum atomic E-state index is 13.2. The molecule has 5 fully saturated rings. The summed E-state index contributed by atoms with van der Waals surface area (Å²) in [7, 11) is 0. The second-order valence-electron chi connectivity index (χ2n) is 10.8. The summed E-state index contributed by atoms with van der Waals surface area (Å²) in [6, 6.07) is 4.12. The Balaban J connectivity index is 1.19. The monoisotopic (exact) mass is 426 g/mol. The van der Waals surface area contributed by atoms with Crippen molar-refractivity contribution in [1.29, 1.82) is 0 Å². The molecule has 2 amide bonds. The molecule has 4 saturated carbocycles. The van der Waals surface area contributed by atoms with Gasteiger partial charge < -0.3 is 14.6 Å². The molecule has 0 aromatic carbocycles. The molecule has 4 aliphatic carbocycles. The molecule has 5 aliphatic rings. The van der Waals surface area contributed by atoms with Gasteiger partial charge in [0.05, 0.1) is 6.04 Å². The zero-order valence-electron chi connectivity index (χ0n) is 19.0. The second kappa shape index (κ2) is 8.63. The van der Waals surface area contributed by atoms with Gasteiger partial charge in [-0.1, -0.05) is 19.8 Å². The van der Waals surface area contributed by atoms with E-state index < -0.39 is 0 Å². The Labute approximate surface area is 186 Å². The van der Waals surface area contributed by atoms with Gasteiger partial charge in [-0.2, -0.15) is 0 Å². The molecule has 2 heterocycles. The highest BCUT2D eigenvalue weighted by atomic mass is 16.3. The molecule has 31 heavy (non-hydrogen) atoms. The molecule has 0 spiro atoms. The van der Waals surface area contributed by atoms with Gasteiger partial charge in [0.25, 0.3) is 0 Å². The average molecular weight is 427 g/mol. The summed E-state index contributed by atoms with van der Waals surface area (Å²) in [4.78, 5) is 28.4. The number of hydrogen-bond acceptors (Lipinski definition) is 3. The predicted octanol–water partition coefficient (Wildman–Crippen LogP) is 5.01. The standard InChI is InChI=1S/C26H38N2O3/c1-2-21-7-8-23(31-21)22-6-4-3-5-11-28(22)24(29)9-10-27-25(30)26-15-18-12-19(16-26)14-20(13-18)17-26/h7-8,18-20,22H,2-6,9-17H2,1H3,(H,27,30). The van der Waals surface area contributed by atoms with E-state index in [0.29, 0.717) is 13.0 Å². The first kappa shape index (κ1) is 21.1. The normalized spacial score (nSPS) is 34.5. The molecule has 1 aromatic rings. The highest BCUT2D eigenvalue weighted by molar-refractivity contribution is 5.84. The van der Waals surface area contributed by atoms with Crippen LogP contribution in [0, 0.1) is 23.2 Å². The molecular weight excluding hydrogens is 388 g/mol. The lowest BCUT2D eigenvalue weighted by atomic mass is 9.49. The van der Waals surface area contributed by atoms with Gasteiger partial charge in [-0.3, -0.25) is 9.59 Å². The van der Waals surface area contributed by atoms with Crippen LogP contribution in [0.15, 0.2) is 16.5 Å². The van der Waals surface area contributed by atoms with E-state index in [4.69, 9.17) is 4.42 Å². The first-order chi connectivity index (χ1) is 15.1. The minimum absolute atomic E-state index is 0.0363. The number of likely N-dealkylation sites (tertiary alicyclic amines) is 1. The van der Waals surface area contributed by atoms with Crippen LogP contribution in [-0.4, -0.2) is 29.8 Å². The Morgan fingerprint density at radius 2 is 1.77 bits per heavy atom. The van der Waals surface area contributed by atoms with Crippen molar-refractivity contribution >= 4 is 11.8 Å². The van der Waals surface area contributed by atoms with Crippen LogP contribution in [0.25, 0.3) is 0 Å². The molecule has 1 aliphatic heterocycles. The van der Waals surface area contributed by atoms with Crippen LogP contribution in [0.4, 0.5) is 0 Å². The molecule has 1 saturated heterocycles. The zero-order chi connectivity index (χ0) is 21.4. The maximum absolute atomic E-state index is 13.2. The van der Waals surface area contributed by atoms with E-state index in [2.05, 4.69) is 12.2 Å². The summed E-state index contributed by atoms with van der Waals surface area (Å²) in [5.41, 5.74) is -0.131. The first-order valence-electron chi connectivity index (χ1n) is 12.7. The van der Waals surface area contributed by atoms with E-state index >= 15 is 0 Å². The van der Waals surface area contributed by atoms with Crippen molar-refractivity contribution in [2.24, 2.45) is 23.2 Å². The highest BCUT2D eigenvalue weighted by Gasteiger charge is 2.54. The number of carbonyl (C=O) groups excluding carboxylic acids is 2. The topological polar surface area (TPSA) is 62.6 Å². The van der Waals surface area contributed by atoms with Gasteiger partial charge in [-0.15, -0.1) is 0 Å². The van der Waals surface area contributed by atoms with Crippen LogP contribution in [0.2, 0.25) is 0 Å². The molecule has 6 rings (SSSR count). The lowest BCUT2D eigenvalue weighted by Crippen LogP contribution is -2.53. The molecule has 4 bridgehead atoms. The smallest absolute Gasteiger partial charge is 0.226 e. The van der Waals surface area contributed by atoms with E-state index in [9.17, 15) is 9.59 Å². The summed E-state index contributed by atoms with van der Waals surface area (Å²) in [5.74, 6) is 4.56. The Bertz CT molecular complexity index is 778. The minimum Gasteiger partial charge on any atom is -0.464 e. The molecule has 170 valence electrons. The molecule has 1 N–H and O–H groups in total. The second-order valence-corrected chi connectivity index (χ2v) is 10.8. The van der Waals surface area contributed by atoms with Crippen LogP contribution in [0.5, 0.6) is 0 Å². The van der Waals surface area contributed by atoms with Gasteiger partial charge in [0.2, 0.25) is 11.8 Å². The average Bonchev–Trinajstić information content (AvgIpc) is 3.09. The Morgan fingerprint density at radius 1 is 1.06 bits per heavy atom. The fraction of sp³-hybridized carbons (Fsp3) is 0.769. The van der Waals surface area contributed by atoms with Crippen LogP contribution in [0.1, 0.15) is 95.1 Å². The third-order valence-electron chi connectivity index (χ3n) is 8.58. The highest BCUT2D eigenvalue weighted by Crippen LogP contribution is 2.60. The van der Waals surface area contributed by atoms with Crippen molar-refractivity contribution in [3.8, 4) is 0 Å². The molecule has 1 unspecified atom stereocenters. The van der Waals surface area contributed by atoms with Gasteiger partial charge in [0, 0.05) is 31.3 Å². The number of hydrogen-bond donors (Lipinski definition) is 1.